The van der Waals surface area contributed by atoms with Gasteiger partial charge in [0.25, 0.3) is 5.69 Å². The lowest BCUT2D eigenvalue weighted by molar-refractivity contribution is -0.384. The summed E-state index contributed by atoms with van der Waals surface area (Å²) >= 11 is 0. The van der Waals surface area contributed by atoms with E-state index in [9.17, 15) is 15.2 Å². The third-order valence-corrected chi connectivity index (χ3v) is 3.53. The summed E-state index contributed by atoms with van der Waals surface area (Å²) in [5.74, 6) is 0.226. The van der Waals surface area contributed by atoms with Gasteiger partial charge in [-0.15, -0.1) is 0 Å². The molecule has 0 aromatic heterocycles. The van der Waals surface area contributed by atoms with Crippen molar-refractivity contribution in [2.75, 3.05) is 6.54 Å². The van der Waals surface area contributed by atoms with E-state index in [0.717, 1.165) is 31.2 Å². The SMILES string of the molecule is O=[N+]([O-])c1cccc(C=NC[C@H]2CCCC[C@@H]2O)c1. The van der Waals surface area contributed by atoms with Crippen molar-refractivity contribution in [3.63, 3.8) is 0 Å². The normalized spacial score (nSPS) is 23.6. The summed E-state index contributed by atoms with van der Waals surface area (Å²) in [4.78, 5) is 14.5. The van der Waals surface area contributed by atoms with E-state index in [4.69, 9.17) is 0 Å². The van der Waals surface area contributed by atoms with Gasteiger partial charge in [-0.3, -0.25) is 15.1 Å². The largest absolute Gasteiger partial charge is 0.393 e. The second kappa shape index (κ2) is 6.43. The molecule has 0 saturated heterocycles. The zero-order valence-corrected chi connectivity index (χ0v) is 10.7. The first-order valence-corrected chi connectivity index (χ1v) is 6.59. The lowest BCUT2D eigenvalue weighted by atomic mass is 9.87. The summed E-state index contributed by atoms with van der Waals surface area (Å²) < 4.78 is 0. The van der Waals surface area contributed by atoms with Crippen molar-refractivity contribution in [3.8, 4) is 0 Å². The maximum absolute atomic E-state index is 10.6. The molecule has 5 nitrogen and oxygen atoms in total. The fourth-order valence-corrected chi connectivity index (χ4v) is 2.41. The lowest BCUT2D eigenvalue weighted by Crippen LogP contribution is -2.26. The maximum Gasteiger partial charge on any atom is 0.270 e. The van der Waals surface area contributed by atoms with Crippen molar-refractivity contribution >= 4 is 11.9 Å². The van der Waals surface area contributed by atoms with E-state index in [0.29, 0.717) is 6.54 Å². The van der Waals surface area contributed by atoms with E-state index in [1.807, 2.05) is 0 Å². The highest BCUT2D eigenvalue weighted by atomic mass is 16.6. The molecule has 0 bridgehead atoms. The molecule has 1 aliphatic carbocycles. The van der Waals surface area contributed by atoms with Crippen LogP contribution in [-0.4, -0.2) is 28.9 Å². The van der Waals surface area contributed by atoms with Crippen molar-refractivity contribution in [2.45, 2.75) is 31.8 Å². The minimum Gasteiger partial charge on any atom is -0.393 e. The highest BCUT2D eigenvalue weighted by molar-refractivity contribution is 5.80. The highest BCUT2D eigenvalue weighted by Crippen LogP contribution is 2.24. The number of rotatable bonds is 4. The number of aliphatic imine (C=N–C) groups is 1. The number of nitro benzene ring substituents is 1. The second-order valence-electron chi connectivity index (χ2n) is 4.96. The highest BCUT2D eigenvalue weighted by Gasteiger charge is 2.22. The summed E-state index contributed by atoms with van der Waals surface area (Å²) in [6, 6.07) is 6.39. The van der Waals surface area contributed by atoms with Crippen LogP contribution in [0.5, 0.6) is 0 Å². The zero-order chi connectivity index (χ0) is 13.7. The number of nitro groups is 1. The predicted molar refractivity (Wildman–Crippen MR) is 73.5 cm³/mol. The summed E-state index contributed by atoms with van der Waals surface area (Å²) in [7, 11) is 0. The Kier molecular flexibility index (Phi) is 4.63. The Bertz CT molecular complexity index is 474. The van der Waals surface area contributed by atoms with Crippen molar-refractivity contribution in [1.82, 2.24) is 0 Å². The van der Waals surface area contributed by atoms with Gasteiger partial charge in [0.2, 0.25) is 0 Å². The van der Waals surface area contributed by atoms with Crippen LogP contribution in [0, 0.1) is 16.0 Å². The Morgan fingerprint density at radius 3 is 2.95 bits per heavy atom. The van der Waals surface area contributed by atoms with Gasteiger partial charge in [0.05, 0.1) is 11.0 Å². The van der Waals surface area contributed by atoms with E-state index in [-0.39, 0.29) is 17.7 Å². The molecular formula is C14H18N2O3. The van der Waals surface area contributed by atoms with Crippen LogP contribution in [0.25, 0.3) is 0 Å². The molecule has 102 valence electrons. The van der Waals surface area contributed by atoms with Gasteiger partial charge >= 0.3 is 0 Å². The van der Waals surface area contributed by atoms with E-state index >= 15 is 0 Å². The van der Waals surface area contributed by atoms with Crippen molar-refractivity contribution in [3.05, 3.63) is 39.9 Å². The minimum absolute atomic E-state index is 0.0710. The Hall–Kier alpha value is -1.75. The average Bonchev–Trinajstić information content (AvgIpc) is 2.41. The van der Waals surface area contributed by atoms with Crippen molar-refractivity contribution < 1.29 is 10.0 Å². The van der Waals surface area contributed by atoms with Gasteiger partial charge < -0.3 is 5.11 Å². The monoisotopic (exact) mass is 262 g/mol. The number of non-ortho nitro benzene ring substituents is 1. The summed E-state index contributed by atoms with van der Waals surface area (Å²) in [5, 5.41) is 20.5. The number of nitrogens with zero attached hydrogens (tertiary/aromatic N) is 2. The van der Waals surface area contributed by atoms with Crippen LogP contribution in [-0.2, 0) is 0 Å². The Labute approximate surface area is 112 Å². The molecule has 0 aliphatic heterocycles. The number of aliphatic hydroxyl groups is 1. The molecule has 1 aromatic carbocycles. The van der Waals surface area contributed by atoms with E-state index in [1.54, 1.807) is 18.3 Å². The third-order valence-electron chi connectivity index (χ3n) is 3.53. The van der Waals surface area contributed by atoms with Crippen LogP contribution in [0.2, 0.25) is 0 Å². The molecule has 0 unspecified atom stereocenters. The van der Waals surface area contributed by atoms with Gasteiger partial charge in [-0.05, 0) is 18.4 Å². The van der Waals surface area contributed by atoms with Crippen LogP contribution < -0.4 is 0 Å². The molecule has 1 fully saturated rings. The minimum atomic E-state index is -0.414. The van der Waals surface area contributed by atoms with Crippen molar-refractivity contribution in [1.29, 1.82) is 0 Å². The molecule has 0 amide bonds. The fourth-order valence-electron chi connectivity index (χ4n) is 2.41. The number of benzene rings is 1. The molecule has 0 heterocycles. The van der Waals surface area contributed by atoms with Gasteiger partial charge in [0, 0.05) is 30.8 Å². The zero-order valence-electron chi connectivity index (χ0n) is 10.7. The fraction of sp³-hybridized carbons (Fsp3) is 0.500. The lowest BCUT2D eigenvalue weighted by Gasteiger charge is -2.25. The summed E-state index contributed by atoms with van der Waals surface area (Å²) in [6.07, 6.45) is 5.50. The molecule has 0 radical (unpaired) electrons. The molecule has 1 saturated carbocycles. The quantitative estimate of drug-likeness (QED) is 0.514. The van der Waals surface area contributed by atoms with Gasteiger partial charge in [-0.1, -0.05) is 25.0 Å². The second-order valence-corrected chi connectivity index (χ2v) is 4.96. The smallest absolute Gasteiger partial charge is 0.270 e. The first-order valence-electron chi connectivity index (χ1n) is 6.59. The molecule has 19 heavy (non-hydrogen) atoms. The van der Waals surface area contributed by atoms with E-state index < -0.39 is 4.92 Å². The first kappa shape index (κ1) is 13.7. The van der Waals surface area contributed by atoms with Crippen molar-refractivity contribution in [2.24, 2.45) is 10.9 Å². The molecule has 0 spiro atoms. The summed E-state index contributed by atoms with van der Waals surface area (Å²) in [5.41, 5.74) is 0.793. The van der Waals surface area contributed by atoms with Crippen LogP contribution in [0.3, 0.4) is 0 Å². The van der Waals surface area contributed by atoms with E-state index in [1.165, 1.54) is 12.1 Å². The topological polar surface area (TPSA) is 75.7 Å². The van der Waals surface area contributed by atoms with Gasteiger partial charge in [-0.25, -0.2) is 0 Å². The Morgan fingerprint density at radius 2 is 2.21 bits per heavy atom. The summed E-state index contributed by atoms with van der Waals surface area (Å²) in [6.45, 7) is 0.587. The molecule has 2 atom stereocenters. The van der Waals surface area contributed by atoms with Gasteiger partial charge in [-0.2, -0.15) is 0 Å². The van der Waals surface area contributed by atoms with Crippen LogP contribution in [0.1, 0.15) is 31.2 Å². The van der Waals surface area contributed by atoms with Crippen LogP contribution in [0.4, 0.5) is 5.69 Å². The molecular weight excluding hydrogens is 244 g/mol. The molecule has 1 N–H and O–H groups in total. The Morgan fingerprint density at radius 1 is 1.42 bits per heavy atom. The van der Waals surface area contributed by atoms with Gasteiger partial charge in [0.15, 0.2) is 0 Å². The molecule has 5 heteroatoms. The average molecular weight is 262 g/mol. The third kappa shape index (κ3) is 3.86. The maximum atomic E-state index is 10.6. The number of aliphatic hydroxyl groups excluding tert-OH is 1. The first-order chi connectivity index (χ1) is 9.16. The Balaban J connectivity index is 1.94. The number of hydrogen-bond donors (Lipinski definition) is 1. The van der Waals surface area contributed by atoms with Crippen LogP contribution >= 0.6 is 0 Å². The van der Waals surface area contributed by atoms with E-state index in [2.05, 4.69) is 4.99 Å². The van der Waals surface area contributed by atoms with Crippen LogP contribution in [0.15, 0.2) is 29.3 Å². The number of hydrogen-bond acceptors (Lipinski definition) is 4. The molecule has 1 aliphatic rings. The molecule has 2 rings (SSSR count). The predicted octanol–water partition coefficient (Wildman–Crippen LogP) is 2.56. The molecule has 1 aromatic rings. The standard InChI is InChI=1S/C14H18N2O3/c17-14-7-2-1-5-12(14)10-15-9-11-4-3-6-13(8-11)16(18)19/h3-4,6,8-9,12,14,17H,1-2,5,7,10H2/t12-,14+/m1/s1. The van der Waals surface area contributed by atoms with Gasteiger partial charge in [0.1, 0.15) is 0 Å².